The average molecular weight is 249 g/mol. The average Bonchev–Trinajstić information content (AvgIpc) is 2.40. The zero-order valence-corrected chi connectivity index (χ0v) is 10.8. The van der Waals surface area contributed by atoms with Crippen LogP contribution >= 0.6 is 0 Å². The number of amidine groups is 1. The zero-order chi connectivity index (χ0) is 13.0. The van der Waals surface area contributed by atoms with Crippen molar-refractivity contribution in [2.75, 3.05) is 31.1 Å². The van der Waals surface area contributed by atoms with Crippen LogP contribution in [0.25, 0.3) is 0 Å². The molecule has 18 heavy (non-hydrogen) atoms. The van der Waals surface area contributed by atoms with Crippen molar-refractivity contribution in [2.24, 2.45) is 0 Å². The molecule has 0 bridgehead atoms. The van der Waals surface area contributed by atoms with Crippen molar-refractivity contribution < 1.29 is 4.39 Å². The third-order valence-corrected chi connectivity index (χ3v) is 3.34. The molecule has 1 aliphatic heterocycles. The predicted octanol–water partition coefficient (Wildman–Crippen LogP) is 2.73. The molecule has 0 saturated carbocycles. The Morgan fingerprint density at radius 1 is 1.17 bits per heavy atom. The van der Waals surface area contributed by atoms with Crippen LogP contribution in [0.1, 0.15) is 19.8 Å². The van der Waals surface area contributed by atoms with E-state index in [2.05, 4.69) is 16.7 Å². The van der Waals surface area contributed by atoms with Crippen molar-refractivity contribution in [1.29, 1.82) is 5.41 Å². The summed E-state index contributed by atoms with van der Waals surface area (Å²) in [7, 11) is 0. The van der Waals surface area contributed by atoms with Gasteiger partial charge >= 0.3 is 0 Å². The number of nitrogens with one attached hydrogen (secondary N) is 1. The standard InChI is InChI=1S/C14H20FN3/c1-2-3-14(16)18-10-8-17(9-11-18)13-6-4-12(15)5-7-13/h4-7,16H,2-3,8-11H2,1H3. The molecular weight excluding hydrogens is 229 g/mol. The maximum Gasteiger partial charge on any atom is 0.123 e. The second-order valence-corrected chi connectivity index (χ2v) is 4.65. The summed E-state index contributed by atoms with van der Waals surface area (Å²) in [5.74, 6) is 0.554. The van der Waals surface area contributed by atoms with Crippen molar-refractivity contribution in [2.45, 2.75) is 19.8 Å². The zero-order valence-electron chi connectivity index (χ0n) is 10.8. The lowest BCUT2D eigenvalue weighted by molar-refractivity contribution is 0.376. The van der Waals surface area contributed by atoms with Gasteiger partial charge in [-0.3, -0.25) is 5.41 Å². The van der Waals surface area contributed by atoms with Gasteiger partial charge in [0.05, 0.1) is 5.84 Å². The number of anilines is 1. The third kappa shape index (κ3) is 3.00. The molecular formula is C14H20FN3. The van der Waals surface area contributed by atoms with E-state index in [4.69, 9.17) is 5.41 Å². The van der Waals surface area contributed by atoms with Crippen LogP contribution in [-0.4, -0.2) is 36.9 Å². The van der Waals surface area contributed by atoms with E-state index in [1.807, 2.05) is 12.1 Å². The smallest absolute Gasteiger partial charge is 0.123 e. The summed E-state index contributed by atoms with van der Waals surface area (Å²) in [5, 5.41) is 7.94. The van der Waals surface area contributed by atoms with Crippen LogP contribution in [0.2, 0.25) is 0 Å². The first-order valence-corrected chi connectivity index (χ1v) is 6.53. The fraction of sp³-hybridized carbons (Fsp3) is 0.500. The van der Waals surface area contributed by atoms with Crippen molar-refractivity contribution in [3.8, 4) is 0 Å². The summed E-state index contributed by atoms with van der Waals surface area (Å²) in [4.78, 5) is 4.39. The van der Waals surface area contributed by atoms with Crippen LogP contribution in [0, 0.1) is 11.2 Å². The van der Waals surface area contributed by atoms with Crippen LogP contribution in [0.4, 0.5) is 10.1 Å². The molecule has 1 aromatic rings. The van der Waals surface area contributed by atoms with E-state index in [0.717, 1.165) is 50.5 Å². The van der Waals surface area contributed by atoms with Crippen LogP contribution in [0.3, 0.4) is 0 Å². The molecule has 1 heterocycles. The molecule has 0 unspecified atom stereocenters. The van der Waals surface area contributed by atoms with Gasteiger partial charge in [0.2, 0.25) is 0 Å². The number of nitrogens with zero attached hydrogens (tertiary/aromatic N) is 2. The monoisotopic (exact) mass is 249 g/mol. The normalized spacial score (nSPS) is 15.9. The van der Waals surface area contributed by atoms with E-state index in [9.17, 15) is 4.39 Å². The molecule has 0 radical (unpaired) electrons. The van der Waals surface area contributed by atoms with E-state index in [1.54, 1.807) is 0 Å². The Morgan fingerprint density at radius 3 is 2.33 bits per heavy atom. The molecule has 1 aromatic carbocycles. The topological polar surface area (TPSA) is 30.3 Å². The maximum absolute atomic E-state index is 12.9. The molecule has 1 N–H and O–H groups in total. The summed E-state index contributed by atoms with van der Waals surface area (Å²) in [5.41, 5.74) is 1.07. The molecule has 0 spiro atoms. The number of rotatable bonds is 3. The Bertz CT molecular complexity index is 394. The van der Waals surface area contributed by atoms with Gasteiger partial charge in [0, 0.05) is 38.3 Å². The van der Waals surface area contributed by atoms with E-state index in [0.29, 0.717) is 0 Å². The lowest BCUT2D eigenvalue weighted by Gasteiger charge is -2.37. The van der Waals surface area contributed by atoms with Crippen LogP contribution in [0.15, 0.2) is 24.3 Å². The van der Waals surface area contributed by atoms with Gasteiger partial charge in [0.25, 0.3) is 0 Å². The van der Waals surface area contributed by atoms with Gasteiger partial charge in [-0.05, 0) is 30.7 Å². The summed E-state index contributed by atoms with van der Waals surface area (Å²) in [6.07, 6.45) is 1.88. The minimum absolute atomic E-state index is 0.192. The predicted molar refractivity (Wildman–Crippen MR) is 72.8 cm³/mol. The molecule has 0 atom stereocenters. The van der Waals surface area contributed by atoms with Gasteiger partial charge in [-0.25, -0.2) is 4.39 Å². The fourth-order valence-electron chi connectivity index (χ4n) is 2.28. The highest BCUT2D eigenvalue weighted by Gasteiger charge is 2.18. The Balaban J connectivity index is 1.90. The Kier molecular flexibility index (Phi) is 4.18. The molecule has 0 aromatic heterocycles. The third-order valence-electron chi connectivity index (χ3n) is 3.34. The number of hydrogen-bond acceptors (Lipinski definition) is 2. The highest BCUT2D eigenvalue weighted by atomic mass is 19.1. The van der Waals surface area contributed by atoms with Crippen molar-refractivity contribution >= 4 is 11.5 Å². The Labute approximate surface area is 108 Å². The molecule has 1 saturated heterocycles. The number of benzene rings is 1. The number of halogens is 1. The quantitative estimate of drug-likeness (QED) is 0.659. The summed E-state index contributed by atoms with van der Waals surface area (Å²) in [6, 6.07) is 6.65. The first kappa shape index (κ1) is 12.9. The van der Waals surface area contributed by atoms with Gasteiger partial charge in [0.15, 0.2) is 0 Å². The van der Waals surface area contributed by atoms with E-state index in [-0.39, 0.29) is 5.82 Å². The minimum atomic E-state index is -0.192. The molecule has 3 nitrogen and oxygen atoms in total. The van der Waals surface area contributed by atoms with Gasteiger partial charge in [-0.1, -0.05) is 6.92 Å². The number of piperazine rings is 1. The molecule has 4 heteroatoms. The lowest BCUT2D eigenvalue weighted by Crippen LogP contribution is -2.48. The molecule has 1 fully saturated rings. The Morgan fingerprint density at radius 2 is 1.78 bits per heavy atom. The fourth-order valence-corrected chi connectivity index (χ4v) is 2.28. The highest BCUT2D eigenvalue weighted by Crippen LogP contribution is 2.17. The summed E-state index contributed by atoms with van der Waals surface area (Å²) >= 11 is 0. The lowest BCUT2D eigenvalue weighted by atomic mass is 10.2. The van der Waals surface area contributed by atoms with E-state index in [1.165, 1.54) is 12.1 Å². The van der Waals surface area contributed by atoms with E-state index >= 15 is 0 Å². The van der Waals surface area contributed by atoms with Gasteiger partial charge in [-0.15, -0.1) is 0 Å². The SMILES string of the molecule is CCCC(=N)N1CCN(c2ccc(F)cc2)CC1. The Hall–Kier alpha value is -1.58. The van der Waals surface area contributed by atoms with E-state index < -0.39 is 0 Å². The van der Waals surface area contributed by atoms with Crippen molar-refractivity contribution in [1.82, 2.24) is 4.90 Å². The van der Waals surface area contributed by atoms with Gasteiger partial charge in [0.1, 0.15) is 5.82 Å². The molecule has 2 rings (SSSR count). The first-order chi connectivity index (χ1) is 8.70. The molecule has 1 aliphatic rings. The minimum Gasteiger partial charge on any atom is -0.368 e. The van der Waals surface area contributed by atoms with Gasteiger partial charge < -0.3 is 9.80 Å². The second-order valence-electron chi connectivity index (χ2n) is 4.65. The summed E-state index contributed by atoms with van der Waals surface area (Å²) in [6.45, 7) is 5.67. The molecule has 0 amide bonds. The van der Waals surface area contributed by atoms with Crippen LogP contribution < -0.4 is 4.90 Å². The second kappa shape index (κ2) is 5.85. The van der Waals surface area contributed by atoms with Crippen molar-refractivity contribution in [3.63, 3.8) is 0 Å². The first-order valence-electron chi connectivity index (χ1n) is 6.53. The van der Waals surface area contributed by atoms with Crippen molar-refractivity contribution in [3.05, 3.63) is 30.1 Å². The largest absolute Gasteiger partial charge is 0.368 e. The summed E-state index contributed by atoms with van der Waals surface area (Å²) < 4.78 is 12.9. The molecule has 98 valence electrons. The number of hydrogen-bond donors (Lipinski definition) is 1. The maximum atomic E-state index is 12.9. The van der Waals surface area contributed by atoms with Crippen LogP contribution in [0.5, 0.6) is 0 Å². The highest BCUT2D eigenvalue weighted by molar-refractivity contribution is 5.79. The van der Waals surface area contributed by atoms with Crippen LogP contribution in [-0.2, 0) is 0 Å². The molecule has 0 aliphatic carbocycles. The van der Waals surface area contributed by atoms with Gasteiger partial charge in [-0.2, -0.15) is 0 Å².